The molecule has 2 aromatic carbocycles. The van der Waals surface area contributed by atoms with Gasteiger partial charge in [0, 0.05) is 6.61 Å². The van der Waals surface area contributed by atoms with Crippen molar-refractivity contribution in [2.45, 2.75) is 181 Å². The van der Waals surface area contributed by atoms with Gasteiger partial charge >= 0.3 is 5.97 Å². The molecule has 0 spiro atoms. The van der Waals surface area contributed by atoms with Crippen LogP contribution in [0.4, 0.5) is 0 Å². The molecule has 0 aromatic heterocycles. The first-order valence-corrected chi connectivity index (χ1v) is 19.1. The normalized spacial score (nSPS) is 12.7. The summed E-state index contributed by atoms with van der Waals surface area (Å²) in [5.41, 5.74) is 3.81. The number of hydrogen-bond donors (Lipinski definition) is 0. The average Bonchev–Trinajstić information content (AvgIpc) is 3.06. The summed E-state index contributed by atoms with van der Waals surface area (Å²) in [6, 6.07) is 16.4. The molecule has 3 heteroatoms. The van der Waals surface area contributed by atoms with Crippen LogP contribution >= 0.6 is 0 Å². The van der Waals surface area contributed by atoms with E-state index in [9.17, 15) is 4.79 Å². The van der Waals surface area contributed by atoms with Crippen LogP contribution in [0.3, 0.4) is 0 Å². The van der Waals surface area contributed by atoms with Crippen molar-refractivity contribution in [2.24, 2.45) is 0 Å². The number of hydrogen-bond acceptors (Lipinski definition) is 3. The fourth-order valence-electron chi connectivity index (χ4n) is 6.27. The zero-order chi connectivity index (χ0) is 32.4. The summed E-state index contributed by atoms with van der Waals surface area (Å²) >= 11 is 0. The summed E-state index contributed by atoms with van der Waals surface area (Å²) in [6.07, 6.45) is 28.1. The fourth-order valence-corrected chi connectivity index (χ4v) is 6.27. The third kappa shape index (κ3) is 17.4. The molecule has 2 atom stereocenters. The Morgan fingerprint density at radius 3 is 1.64 bits per heavy atom. The van der Waals surface area contributed by atoms with Crippen molar-refractivity contribution in [2.75, 3.05) is 6.61 Å². The lowest BCUT2D eigenvalue weighted by Gasteiger charge is -2.19. The van der Waals surface area contributed by atoms with Crippen molar-refractivity contribution < 1.29 is 14.3 Å². The van der Waals surface area contributed by atoms with Gasteiger partial charge in [-0.2, -0.15) is 0 Å². The first kappa shape index (κ1) is 39.1. The highest BCUT2D eigenvalue weighted by Crippen LogP contribution is 2.28. The average molecular weight is 621 g/mol. The highest BCUT2D eigenvalue weighted by atomic mass is 16.5. The van der Waals surface area contributed by atoms with E-state index >= 15 is 0 Å². The smallest absolute Gasteiger partial charge is 0.339 e. The van der Waals surface area contributed by atoms with Crippen molar-refractivity contribution in [3.8, 4) is 11.1 Å². The van der Waals surface area contributed by atoms with Gasteiger partial charge in [0.25, 0.3) is 0 Å². The number of benzene rings is 2. The Bertz CT molecular complexity index is 982. The Balaban J connectivity index is 1.77. The van der Waals surface area contributed by atoms with E-state index in [0.717, 1.165) is 49.8 Å². The first-order chi connectivity index (χ1) is 22.1. The molecule has 0 bridgehead atoms. The van der Waals surface area contributed by atoms with Crippen LogP contribution in [-0.2, 0) is 9.47 Å². The Kier molecular flexibility index (Phi) is 22.6. The van der Waals surface area contributed by atoms with Crippen LogP contribution < -0.4 is 0 Å². The number of carbonyl (C=O) groups is 1. The molecule has 45 heavy (non-hydrogen) atoms. The van der Waals surface area contributed by atoms with Gasteiger partial charge in [-0.15, -0.1) is 0 Å². The predicted octanol–water partition coefficient (Wildman–Crippen LogP) is 13.6. The van der Waals surface area contributed by atoms with Gasteiger partial charge in [-0.3, -0.25) is 0 Å². The van der Waals surface area contributed by atoms with Crippen LogP contribution in [-0.4, -0.2) is 18.7 Å². The maximum Gasteiger partial charge on any atom is 0.339 e. The highest BCUT2D eigenvalue weighted by Gasteiger charge is 2.19. The summed E-state index contributed by atoms with van der Waals surface area (Å²) in [5, 5.41) is 0. The molecular weight excluding hydrogens is 552 g/mol. The van der Waals surface area contributed by atoms with Gasteiger partial charge in [-0.25, -0.2) is 4.79 Å². The molecule has 2 aromatic rings. The number of ether oxygens (including phenoxy) is 2. The molecule has 0 saturated heterocycles. The van der Waals surface area contributed by atoms with Gasteiger partial charge in [-0.05, 0) is 55.4 Å². The minimum Gasteiger partial charge on any atom is -0.459 e. The Labute approximate surface area is 278 Å². The first-order valence-electron chi connectivity index (χ1n) is 19.1. The maximum atomic E-state index is 13.4. The largest absolute Gasteiger partial charge is 0.459 e. The van der Waals surface area contributed by atoms with Crippen LogP contribution in [0.15, 0.2) is 48.5 Å². The maximum absolute atomic E-state index is 13.4. The molecule has 3 nitrogen and oxygen atoms in total. The van der Waals surface area contributed by atoms with Gasteiger partial charge in [0.05, 0.1) is 11.7 Å². The third-order valence-electron chi connectivity index (χ3n) is 9.22. The molecule has 0 radical (unpaired) electrons. The van der Waals surface area contributed by atoms with Crippen LogP contribution in [0.25, 0.3) is 11.1 Å². The third-order valence-corrected chi connectivity index (χ3v) is 9.22. The highest BCUT2D eigenvalue weighted by molar-refractivity contribution is 5.97. The van der Waals surface area contributed by atoms with Crippen LogP contribution in [0, 0.1) is 0 Å². The Morgan fingerprint density at radius 1 is 0.578 bits per heavy atom. The molecule has 254 valence electrons. The van der Waals surface area contributed by atoms with Crippen molar-refractivity contribution in [1.29, 1.82) is 0 Å². The number of esters is 1. The van der Waals surface area contributed by atoms with Gasteiger partial charge in [0.2, 0.25) is 0 Å². The number of rotatable bonds is 28. The molecule has 0 N–H and O–H groups in total. The van der Waals surface area contributed by atoms with E-state index in [1.165, 1.54) is 115 Å². The van der Waals surface area contributed by atoms with Gasteiger partial charge in [0.1, 0.15) is 6.10 Å². The molecule has 0 saturated carbocycles. The SMILES string of the molecule is CCCCCCCCCCCCOC(C)c1ccc(-c2ccccc2C(=O)OC(CCC)CCCCCCCCCCC)cc1. The summed E-state index contributed by atoms with van der Waals surface area (Å²) < 4.78 is 12.3. The van der Waals surface area contributed by atoms with Crippen molar-refractivity contribution in [3.63, 3.8) is 0 Å². The second-order valence-electron chi connectivity index (χ2n) is 13.3. The minimum atomic E-state index is -0.197. The summed E-state index contributed by atoms with van der Waals surface area (Å²) in [4.78, 5) is 13.4. The van der Waals surface area contributed by atoms with Crippen LogP contribution in [0.2, 0.25) is 0 Å². The Morgan fingerprint density at radius 2 is 1.09 bits per heavy atom. The second kappa shape index (κ2) is 26.0. The van der Waals surface area contributed by atoms with E-state index < -0.39 is 0 Å². The van der Waals surface area contributed by atoms with Crippen LogP contribution in [0.5, 0.6) is 0 Å². The lowest BCUT2D eigenvalue weighted by atomic mass is 9.97. The van der Waals surface area contributed by atoms with Crippen LogP contribution in [0.1, 0.15) is 191 Å². The summed E-state index contributed by atoms with van der Waals surface area (Å²) in [5.74, 6) is -0.197. The zero-order valence-corrected chi connectivity index (χ0v) is 29.8. The summed E-state index contributed by atoms with van der Waals surface area (Å²) in [6.45, 7) is 9.67. The molecule has 0 aliphatic heterocycles. The molecule has 0 heterocycles. The Hall–Kier alpha value is -2.13. The van der Waals surface area contributed by atoms with Gasteiger partial charge in [-0.1, -0.05) is 179 Å². The molecule has 2 unspecified atom stereocenters. The molecular formula is C42H68O3. The van der Waals surface area contributed by atoms with Gasteiger partial charge < -0.3 is 9.47 Å². The van der Waals surface area contributed by atoms with Crippen molar-refractivity contribution >= 4 is 5.97 Å². The van der Waals surface area contributed by atoms with E-state index in [0.29, 0.717) is 5.56 Å². The number of unbranched alkanes of at least 4 members (excludes halogenated alkanes) is 17. The van der Waals surface area contributed by atoms with E-state index in [4.69, 9.17) is 9.47 Å². The topological polar surface area (TPSA) is 35.5 Å². The molecule has 0 aliphatic rings. The van der Waals surface area contributed by atoms with Gasteiger partial charge in [0.15, 0.2) is 0 Å². The molecule has 0 fully saturated rings. The molecule has 0 aliphatic carbocycles. The second-order valence-corrected chi connectivity index (χ2v) is 13.3. The van der Waals surface area contributed by atoms with E-state index in [-0.39, 0.29) is 18.2 Å². The predicted molar refractivity (Wildman–Crippen MR) is 194 cm³/mol. The van der Waals surface area contributed by atoms with E-state index in [1.807, 2.05) is 24.3 Å². The quantitative estimate of drug-likeness (QED) is 0.0701. The lowest BCUT2D eigenvalue weighted by molar-refractivity contribution is 0.0254. The minimum absolute atomic E-state index is 0.00367. The zero-order valence-electron chi connectivity index (χ0n) is 29.8. The number of carbonyl (C=O) groups excluding carboxylic acids is 1. The monoisotopic (exact) mass is 621 g/mol. The van der Waals surface area contributed by atoms with Crippen molar-refractivity contribution in [3.05, 3.63) is 59.7 Å². The van der Waals surface area contributed by atoms with E-state index in [1.54, 1.807) is 0 Å². The lowest BCUT2D eigenvalue weighted by Crippen LogP contribution is -2.19. The standard InChI is InChI=1S/C42H68O3/c1-5-8-10-12-14-16-18-20-22-26-35-44-36(4)37-31-33-38(34-32-37)40-29-24-25-30-41(40)42(43)45-39(27-7-3)28-23-21-19-17-15-13-11-9-6-2/h24-25,29-34,36,39H,5-23,26-28,35H2,1-4H3. The fraction of sp³-hybridized carbons (Fsp3) is 0.690. The molecule has 0 amide bonds. The summed E-state index contributed by atoms with van der Waals surface area (Å²) in [7, 11) is 0. The molecule has 2 rings (SSSR count). The van der Waals surface area contributed by atoms with Crippen molar-refractivity contribution in [1.82, 2.24) is 0 Å². The van der Waals surface area contributed by atoms with E-state index in [2.05, 4.69) is 52.0 Å².